The molecule has 12 heteroatoms. The van der Waals surface area contributed by atoms with E-state index < -0.39 is 35.3 Å². The molecular weight excluding hydrogens is 512 g/mol. The zero-order valence-corrected chi connectivity index (χ0v) is 22.5. The molecule has 11 nitrogen and oxygen atoms in total. The predicted molar refractivity (Wildman–Crippen MR) is 141 cm³/mol. The number of benzene rings is 1. The number of rotatable bonds is 5. The summed E-state index contributed by atoms with van der Waals surface area (Å²) in [5.74, 6) is -0.689. The van der Waals surface area contributed by atoms with Crippen molar-refractivity contribution >= 4 is 23.6 Å². The van der Waals surface area contributed by atoms with Crippen molar-refractivity contribution in [2.75, 3.05) is 19.7 Å². The van der Waals surface area contributed by atoms with Gasteiger partial charge in [0.15, 0.2) is 0 Å². The summed E-state index contributed by atoms with van der Waals surface area (Å²) in [5.41, 5.74) is -1.27. The van der Waals surface area contributed by atoms with Crippen molar-refractivity contribution in [2.24, 2.45) is 7.05 Å². The van der Waals surface area contributed by atoms with Crippen LogP contribution in [0.5, 0.6) is 0 Å². The highest BCUT2D eigenvalue weighted by molar-refractivity contribution is 6.30. The second kappa shape index (κ2) is 10.6. The van der Waals surface area contributed by atoms with E-state index in [1.54, 1.807) is 58.3 Å². The molecule has 1 atom stereocenters. The number of ether oxygens (including phenoxy) is 1. The van der Waals surface area contributed by atoms with Gasteiger partial charge in [-0.25, -0.2) is 4.79 Å². The maximum atomic E-state index is 13.6. The van der Waals surface area contributed by atoms with Crippen molar-refractivity contribution in [3.63, 3.8) is 0 Å². The predicted octanol–water partition coefficient (Wildman–Crippen LogP) is 2.78. The minimum absolute atomic E-state index is 0.0378. The topological polar surface area (TPSA) is 132 Å². The van der Waals surface area contributed by atoms with E-state index in [0.29, 0.717) is 41.4 Å². The SMILES string of the molecule is Cn1cc(-n2nc(-c3ccc(Cl)cc3)cc(C(=O)NC3(CO)CCCN(C(=O)OC(C)(C)C)C3)c2=O)cn1. The number of carbonyl (C=O) groups is 2. The van der Waals surface area contributed by atoms with Gasteiger partial charge in [-0.05, 0) is 51.8 Å². The summed E-state index contributed by atoms with van der Waals surface area (Å²) in [5, 5.41) is 22.3. The maximum absolute atomic E-state index is 13.6. The first-order chi connectivity index (χ1) is 17.9. The van der Waals surface area contributed by atoms with Crippen molar-refractivity contribution in [2.45, 2.75) is 44.8 Å². The summed E-state index contributed by atoms with van der Waals surface area (Å²) < 4.78 is 8.11. The average molecular weight is 543 g/mol. The summed E-state index contributed by atoms with van der Waals surface area (Å²) in [6.07, 6.45) is 3.50. The Morgan fingerprint density at radius 1 is 1.24 bits per heavy atom. The van der Waals surface area contributed by atoms with E-state index in [9.17, 15) is 19.5 Å². The third-order valence-corrected chi connectivity index (χ3v) is 6.39. The largest absolute Gasteiger partial charge is 0.444 e. The van der Waals surface area contributed by atoms with Crippen LogP contribution in [0.4, 0.5) is 4.79 Å². The second-order valence-electron chi connectivity index (χ2n) is 10.4. The van der Waals surface area contributed by atoms with E-state index in [4.69, 9.17) is 16.3 Å². The Kier molecular flexibility index (Phi) is 7.61. The zero-order valence-electron chi connectivity index (χ0n) is 21.8. The van der Waals surface area contributed by atoms with E-state index in [1.807, 2.05) is 0 Å². The minimum Gasteiger partial charge on any atom is -0.444 e. The van der Waals surface area contributed by atoms with Crippen LogP contribution < -0.4 is 10.9 Å². The van der Waals surface area contributed by atoms with Gasteiger partial charge in [0, 0.05) is 30.7 Å². The van der Waals surface area contributed by atoms with Crippen LogP contribution in [0.2, 0.25) is 5.02 Å². The molecule has 1 unspecified atom stereocenters. The van der Waals surface area contributed by atoms with E-state index >= 15 is 0 Å². The molecule has 0 aliphatic carbocycles. The monoisotopic (exact) mass is 542 g/mol. The number of aryl methyl sites for hydroxylation is 1. The minimum atomic E-state index is -1.15. The molecule has 0 radical (unpaired) electrons. The molecule has 2 N–H and O–H groups in total. The van der Waals surface area contributed by atoms with Crippen LogP contribution >= 0.6 is 11.6 Å². The van der Waals surface area contributed by atoms with Crippen LogP contribution in [0, 0.1) is 0 Å². The highest BCUT2D eigenvalue weighted by Crippen LogP contribution is 2.25. The number of halogens is 1. The van der Waals surface area contributed by atoms with Gasteiger partial charge in [0.2, 0.25) is 0 Å². The van der Waals surface area contributed by atoms with Gasteiger partial charge in [-0.1, -0.05) is 23.7 Å². The number of hydrogen-bond acceptors (Lipinski definition) is 7. The smallest absolute Gasteiger partial charge is 0.410 e. The molecule has 1 aliphatic rings. The summed E-state index contributed by atoms with van der Waals surface area (Å²) in [6.45, 7) is 5.34. The van der Waals surface area contributed by atoms with Gasteiger partial charge in [-0.3, -0.25) is 14.3 Å². The molecule has 38 heavy (non-hydrogen) atoms. The number of aromatic nitrogens is 4. The van der Waals surface area contributed by atoms with E-state index in [1.165, 1.54) is 21.8 Å². The van der Waals surface area contributed by atoms with Crippen LogP contribution in [-0.2, 0) is 11.8 Å². The molecule has 3 heterocycles. The van der Waals surface area contributed by atoms with Crippen LogP contribution in [0.15, 0.2) is 47.5 Å². The number of nitrogens with zero attached hydrogens (tertiary/aromatic N) is 5. The lowest BCUT2D eigenvalue weighted by Gasteiger charge is -2.42. The molecule has 4 rings (SSSR count). The van der Waals surface area contributed by atoms with Crippen molar-refractivity contribution in [1.29, 1.82) is 0 Å². The first-order valence-electron chi connectivity index (χ1n) is 12.2. The molecule has 2 amide bonds. The van der Waals surface area contributed by atoms with Gasteiger partial charge < -0.3 is 20.1 Å². The quantitative estimate of drug-likeness (QED) is 0.506. The van der Waals surface area contributed by atoms with Gasteiger partial charge >= 0.3 is 6.09 Å². The molecule has 0 spiro atoms. The number of likely N-dealkylation sites (tertiary alicyclic amines) is 1. The van der Waals surface area contributed by atoms with Gasteiger partial charge in [-0.15, -0.1) is 0 Å². The standard InChI is InChI=1S/C26H31ClN6O5/c1-25(2,3)38-24(37)32-11-5-10-26(15-32,16-34)29-22(35)20-12-21(17-6-8-18(27)9-7-17)30-33(23(20)36)19-13-28-31(4)14-19/h6-9,12-14,34H,5,10-11,15-16H2,1-4H3,(H,29,35). The Labute approximate surface area is 225 Å². The molecule has 0 bridgehead atoms. The Morgan fingerprint density at radius 3 is 2.55 bits per heavy atom. The Balaban J connectivity index is 1.70. The molecule has 1 aromatic carbocycles. The van der Waals surface area contributed by atoms with Crippen LogP contribution in [0.3, 0.4) is 0 Å². The number of hydrogen-bond donors (Lipinski definition) is 2. The third kappa shape index (κ3) is 6.05. The van der Waals surface area contributed by atoms with Crippen molar-refractivity contribution < 1.29 is 19.4 Å². The highest BCUT2D eigenvalue weighted by atomic mass is 35.5. The van der Waals surface area contributed by atoms with E-state index in [0.717, 1.165) is 4.68 Å². The van der Waals surface area contributed by atoms with Crippen molar-refractivity contribution in [3.8, 4) is 16.9 Å². The van der Waals surface area contributed by atoms with Crippen LogP contribution in [-0.4, -0.2) is 72.4 Å². The molecular formula is C26H31ClN6O5. The number of amides is 2. The molecule has 1 saturated heterocycles. The Bertz CT molecular complexity index is 1390. The molecule has 3 aromatic rings. The molecule has 2 aromatic heterocycles. The fourth-order valence-corrected chi connectivity index (χ4v) is 4.43. The first kappa shape index (κ1) is 27.3. The summed E-state index contributed by atoms with van der Waals surface area (Å²) in [7, 11) is 1.70. The number of aliphatic hydroxyl groups excluding tert-OH is 1. The number of aliphatic hydroxyl groups is 1. The van der Waals surface area contributed by atoms with Crippen LogP contribution in [0.25, 0.3) is 16.9 Å². The van der Waals surface area contributed by atoms with E-state index in [2.05, 4.69) is 15.5 Å². The van der Waals surface area contributed by atoms with Crippen molar-refractivity contribution in [1.82, 2.24) is 29.8 Å². The molecule has 0 saturated carbocycles. The molecule has 202 valence electrons. The second-order valence-corrected chi connectivity index (χ2v) is 10.9. The lowest BCUT2D eigenvalue weighted by atomic mass is 9.89. The Morgan fingerprint density at radius 2 is 1.95 bits per heavy atom. The third-order valence-electron chi connectivity index (χ3n) is 6.14. The normalized spacial score (nSPS) is 17.8. The van der Waals surface area contributed by atoms with Gasteiger partial charge in [0.05, 0.1) is 30.2 Å². The zero-order chi connectivity index (χ0) is 27.7. The number of piperidine rings is 1. The summed E-state index contributed by atoms with van der Waals surface area (Å²) in [4.78, 5) is 41.2. The average Bonchev–Trinajstić information content (AvgIpc) is 3.29. The summed E-state index contributed by atoms with van der Waals surface area (Å²) >= 11 is 6.03. The Hall–Kier alpha value is -3.70. The number of nitrogens with one attached hydrogen (secondary N) is 1. The maximum Gasteiger partial charge on any atom is 0.410 e. The van der Waals surface area contributed by atoms with E-state index in [-0.39, 0.29) is 12.1 Å². The molecule has 1 aliphatic heterocycles. The van der Waals surface area contributed by atoms with Gasteiger partial charge in [0.25, 0.3) is 11.5 Å². The fraction of sp³-hybridized carbons (Fsp3) is 0.423. The highest BCUT2D eigenvalue weighted by Gasteiger charge is 2.40. The fourth-order valence-electron chi connectivity index (χ4n) is 4.30. The van der Waals surface area contributed by atoms with Crippen molar-refractivity contribution in [3.05, 3.63) is 63.7 Å². The number of carbonyl (C=O) groups excluding carboxylic acids is 2. The molecule has 1 fully saturated rings. The lowest BCUT2D eigenvalue weighted by Crippen LogP contribution is -2.62. The van der Waals surface area contributed by atoms with Gasteiger partial charge in [0.1, 0.15) is 16.9 Å². The lowest BCUT2D eigenvalue weighted by molar-refractivity contribution is 0.00373. The van der Waals surface area contributed by atoms with Gasteiger partial charge in [-0.2, -0.15) is 14.9 Å². The first-order valence-corrected chi connectivity index (χ1v) is 12.6. The van der Waals surface area contributed by atoms with Crippen LogP contribution in [0.1, 0.15) is 44.0 Å². The summed E-state index contributed by atoms with van der Waals surface area (Å²) in [6, 6.07) is 8.25.